The molecule has 0 heterocycles. The third-order valence-electron chi connectivity index (χ3n) is 3.66. The van der Waals surface area contributed by atoms with Crippen LogP contribution >= 0.6 is 0 Å². The predicted molar refractivity (Wildman–Crippen MR) is 66.4 cm³/mol. The van der Waals surface area contributed by atoms with Crippen LogP contribution in [0.25, 0.3) is 0 Å². The van der Waals surface area contributed by atoms with E-state index in [2.05, 4.69) is 5.32 Å². The molecule has 7 heteroatoms. The van der Waals surface area contributed by atoms with Gasteiger partial charge in [-0.3, -0.25) is 9.59 Å². The number of rotatable bonds is 8. The summed E-state index contributed by atoms with van der Waals surface area (Å²) in [6.45, 7) is 0.410. The fraction of sp³-hybridized carbons (Fsp3) is 0.750. The van der Waals surface area contributed by atoms with Gasteiger partial charge in [0.2, 0.25) is 5.91 Å². The van der Waals surface area contributed by atoms with Crippen molar-refractivity contribution in [2.75, 3.05) is 6.54 Å². The van der Waals surface area contributed by atoms with Gasteiger partial charge in [0.1, 0.15) is 6.04 Å². The summed E-state index contributed by atoms with van der Waals surface area (Å²) >= 11 is 0. The smallest absolute Gasteiger partial charge is 0.326 e. The molecule has 1 saturated carbocycles. The molecule has 0 aromatic heterocycles. The molecule has 1 aliphatic carbocycles. The number of nitrogens with two attached hydrogens (primary N) is 1. The Hall–Kier alpha value is -1.63. The second-order valence-corrected chi connectivity index (χ2v) is 5.13. The summed E-state index contributed by atoms with van der Waals surface area (Å²) in [7, 11) is 0. The molecule has 0 radical (unpaired) electrons. The summed E-state index contributed by atoms with van der Waals surface area (Å²) in [6, 6.07) is -1.15. The van der Waals surface area contributed by atoms with Crippen LogP contribution in [-0.4, -0.2) is 40.6 Å². The lowest BCUT2D eigenvalue weighted by Gasteiger charge is -2.40. The minimum Gasteiger partial charge on any atom is -0.481 e. The highest BCUT2D eigenvalue weighted by atomic mass is 16.4. The third kappa shape index (κ3) is 4.51. The summed E-state index contributed by atoms with van der Waals surface area (Å²) in [5, 5.41) is 19.8. The molecule has 1 aliphatic rings. The fourth-order valence-corrected chi connectivity index (χ4v) is 2.24. The second kappa shape index (κ2) is 6.51. The van der Waals surface area contributed by atoms with E-state index in [1.54, 1.807) is 0 Å². The van der Waals surface area contributed by atoms with Crippen LogP contribution in [0.5, 0.6) is 0 Å². The lowest BCUT2D eigenvalue weighted by Crippen LogP contribution is -2.46. The van der Waals surface area contributed by atoms with Crippen molar-refractivity contribution < 1.29 is 24.6 Å². The molecule has 0 saturated heterocycles. The molecule has 0 aliphatic heterocycles. The highest BCUT2D eigenvalue weighted by Crippen LogP contribution is 2.42. The molecule has 0 aromatic rings. The Morgan fingerprint density at radius 3 is 2.26 bits per heavy atom. The normalized spacial score (nSPS) is 18.2. The first-order valence-electron chi connectivity index (χ1n) is 6.32. The molecule has 1 amide bonds. The van der Waals surface area contributed by atoms with E-state index in [1.807, 2.05) is 0 Å². The van der Waals surface area contributed by atoms with Crippen LogP contribution in [0.3, 0.4) is 0 Å². The van der Waals surface area contributed by atoms with Crippen molar-refractivity contribution in [3.63, 3.8) is 0 Å². The summed E-state index contributed by atoms with van der Waals surface area (Å²) in [4.78, 5) is 33.1. The molecule has 1 unspecified atom stereocenters. The predicted octanol–water partition coefficient (Wildman–Crippen LogP) is -0.0603. The Morgan fingerprint density at radius 1 is 1.26 bits per heavy atom. The highest BCUT2D eigenvalue weighted by Gasteiger charge is 2.38. The van der Waals surface area contributed by atoms with E-state index in [4.69, 9.17) is 15.9 Å². The molecule has 1 atom stereocenters. The second-order valence-electron chi connectivity index (χ2n) is 5.13. The number of hydrogen-bond donors (Lipinski definition) is 4. The molecule has 7 nitrogen and oxygen atoms in total. The van der Waals surface area contributed by atoms with Gasteiger partial charge < -0.3 is 21.3 Å². The van der Waals surface area contributed by atoms with Crippen molar-refractivity contribution >= 4 is 17.8 Å². The number of nitrogens with one attached hydrogen (secondary N) is 1. The highest BCUT2D eigenvalue weighted by molar-refractivity contribution is 5.84. The van der Waals surface area contributed by atoms with Crippen molar-refractivity contribution in [2.45, 2.75) is 44.6 Å². The van der Waals surface area contributed by atoms with Crippen LogP contribution in [0.4, 0.5) is 0 Å². The lowest BCUT2D eigenvalue weighted by atomic mass is 9.66. The van der Waals surface area contributed by atoms with E-state index < -0.39 is 18.0 Å². The van der Waals surface area contributed by atoms with E-state index >= 15 is 0 Å². The Balaban J connectivity index is 2.47. The van der Waals surface area contributed by atoms with Gasteiger partial charge in [0.15, 0.2) is 0 Å². The van der Waals surface area contributed by atoms with Crippen LogP contribution in [0, 0.1) is 5.41 Å². The maximum Gasteiger partial charge on any atom is 0.326 e. The zero-order chi connectivity index (χ0) is 14.5. The number of carboxylic acids is 2. The van der Waals surface area contributed by atoms with Gasteiger partial charge in [-0.2, -0.15) is 0 Å². The quantitative estimate of drug-likeness (QED) is 0.489. The van der Waals surface area contributed by atoms with E-state index in [-0.39, 0.29) is 30.6 Å². The molecule has 0 bridgehead atoms. The largest absolute Gasteiger partial charge is 0.481 e. The van der Waals surface area contributed by atoms with E-state index in [0.717, 1.165) is 19.3 Å². The minimum atomic E-state index is -1.22. The van der Waals surface area contributed by atoms with Crippen molar-refractivity contribution in [3.05, 3.63) is 0 Å². The molecule has 0 spiro atoms. The van der Waals surface area contributed by atoms with Gasteiger partial charge >= 0.3 is 11.9 Å². The molecule has 108 valence electrons. The third-order valence-corrected chi connectivity index (χ3v) is 3.66. The topological polar surface area (TPSA) is 130 Å². The average Bonchev–Trinajstić information content (AvgIpc) is 2.28. The number of carbonyl (C=O) groups excluding carboxylic acids is 1. The lowest BCUT2D eigenvalue weighted by molar-refractivity contribution is -0.143. The SMILES string of the molecule is NCC1(CC(=O)NC(CCC(=O)O)C(=O)O)CCC1. The Labute approximate surface area is 111 Å². The van der Waals surface area contributed by atoms with E-state index in [0.29, 0.717) is 6.54 Å². The average molecular weight is 272 g/mol. The zero-order valence-electron chi connectivity index (χ0n) is 10.7. The maximum atomic E-state index is 11.8. The molecule has 0 aromatic carbocycles. The summed E-state index contributed by atoms with van der Waals surface area (Å²) in [6.07, 6.45) is 2.59. The van der Waals surface area contributed by atoms with Crippen LogP contribution in [0.1, 0.15) is 38.5 Å². The number of carboxylic acid groups (broad SMARTS) is 2. The van der Waals surface area contributed by atoms with Gasteiger partial charge in [-0.15, -0.1) is 0 Å². The van der Waals surface area contributed by atoms with E-state index in [1.165, 1.54) is 0 Å². The van der Waals surface area contributed by atoms with Gasteiger partial charge in [0.05, 0.1) is 0 Å². The van der Waals surface area contributed by atoms with Crippen LogP contribution in [0.15, 0.2) is 0 Å². The zero-order valence-corrected chi connectivity index (χ0v) is 10.7. The summed E-state index contributed by atoms with van der Waals surface area (Å²) < 4.78 is 0. The fourth-order valence-electron chi connectivity index (χ4n) is 2.24. The van der Waals surface area contributed by atoms with Crippen molar-refractivity contribution in [3.8, 4) is 0 Å². The number of carbonyl (C=O) groups is 3. The summed E-state index contributed by atoms with van der Waals surface area (Å²) in [5.74, 6) is -2.68. The molecule has 19 heavy (non-hydrogen) atoms. The van der Waals surface area contributed by atoms with Crippen LogP contribution in [0.2, 0.25) is 0 Å². The van der Waals surface area contributed by atoms with Gasteiger partial charge in [-0.05, 0) is 31.2 Å². The van der Waals surface area contributed by atoms with Crippen molar-refractivity contribution in [2.24, 2.45) is 11.1 Å². The first-order chi connectivity index (χ1) is 8.88. The Kier molecular flexibility index (Phi) is 5.29. The first kappa shape index (κ1) is 15.4. The number of amides is 1. The maximum absolute atomic E-state index is 11.8. The molecule has 1 fully saturated rings. The molecule has 1 rings (SSSR count). The molecular weight excluding hydrogens is 252 g/mol. The van der Waals surface area contributed by atoms with Gasteiger partial charge in [0.25, 0.3) is 0 Å². The van der Waals surface area contributed by atoms with Gasteiger partial charge in [-0.1, -0.05) is 6.42 Å². The summed E-state index contributed by atoms with van der Waals surface area (Å²) in [5.41, 5.74) is 5.44. The van der Waals surface area contributed by atoms with Crippen LogP contribution in [-0.2, 0) is 14.4 Å². The van der Waals surface area contributed by atoms with Crippen molar-refractivity contribution in [1.82, 2.24) is 5.32 Å². The standard InChI is InChI=1S/C12H20N2O5/c13-7-12(4-1-5-12)6-9(15)14-8(11(18)19)2-3-10(16)17/h8H,1-7,13H2,(H,14,15)(H,16,17)(H,18,19). The first-order valence-corrected chi connectivity index (χ1v) is 6.32. The molecule has 5 N–H and O–H groups in total. The monoisotopic (exact) mass is 272 g/mol. The van der Waals surface area contributed by atoms with Gasteiger partial charge in [0, 0.05) is 12.8 Å². The van der Waals surface area contributed by atoms with Crippen molar-refractivity contribution in [1.29, 1.82) is 0 Å². The van der Waals surface area contributed by atoms with Gasteiger partial charge in [-0.25, -0.2) is 4.79 Å². The number of hydrogen-bond acceptors (Lipinski definition) is 4. The number of aliphatic carboxylic acids is 2. The van der Waals surface area contributed by atoms with E-state index in [9.17, 15) is 14.4 Å². The minimum absolute atomic E-state index is 0.119. The Bertz CT molecular complexity index is 360. The molecular formula is C12H20N2O5. The Morgan fingerprint density at radius 2 is 1.89 bits per heavy atom. The van der Waals surface area contributed by atoms with Crippen LogP contribution < -0.4 is 11.1 Å².